The van der Waals surface area contributed by atoms with E-state index in [1.165, 1.54) is 0 Å². The van der Waals surface area contributed by atoms with E-state index in [4.69, 9.17) is 5.11 Å². The van der Waals surface area contributed by atoms with E-state index in [1.807, 2.05) is 13.8 Å². The molecule has 0 aromatic rings. The third-order valence-corrected chi connectivity index (χ3v) is 2.44. The number of rotatable bonds is 3. The molecule has 0 radical (unpaired) electrons. The molecule has 1 fully saturated rings. The maximum absolute atomic E-state index is 11.4. The minimum Gasteiger partial charge on any atom is -0.480 e. The first-order valence-electron chi connectivity index (χ1n) is 4.51. The van der Waals surface area contributed by atoms with E-state index in [2.05, 4.69) is 5.32 Å². The lowest BCUT2D eigenvalue weighted by Crippen LogP contribution is -2.39. The summed E-state index contributed by atoms with van der Waals surface area (Å²) in [6.07, 6.45) is 0.841. The van der Waals surface area contributed by atoms with Gasteiger partial charge >= 0.3 is 5.97 Å². The summed E-state index contributed by atoms with van der Waals surface area (Å²) in [6, 6.07) is 0. The van der Waals surface area contributed by atoms with Crippen LogP contribution in [0.5, 0.6) is 0 Å². The molecular weight excluding hydrogens is 170 g/mol. The number of hydrogen-bond acceptors (Lipinski definition) is 2. The number of nitrogens with one attached hydrogen (secondary N) is 1. The van der Waals surface area contributed by atoms with Crippen LogP contribution in [-0.2, 0) is 9.59 Å². The van der Waals surface area contributed by atoms with E-state index in [9.17, 15) is 9.59 Å². The Morgan fingerprint density at radius 3 is 2.62 bits per heavy atom. The lowest BCUT2D eigenvalue weighted by molar-refractivity contribution is -0.154. The molecule has 1 aliphatic heterocycles. The average Bonchev–Trinajstić information content (AvgIpc) is 2.32. The Labute approximate surface area is 77.3 Å². The van der Waals surface area contributed by atoms with Crippen molar-refractivity contribution >= 4 is 11.9 Å². The Balaban J connectivity index is 2.87. The SMILES string of the molecule is CC(C)CC1(C(=O)O)CCNC1=O. The summed E-state index contributed by atoms with van der Waals surface area (Å²) in [5.41, 5.74) is -1.16. The van der Waals surface area contributed by atoms with Crippen molar-refractivity contribution in [2.45, 2.75) is 26.7 Å². The van der Waals surface area contributed by atoms with Gasteiger partial charge in [0.25, 0.3) is 0 Å². The van der Waals surface area contributed by atoms with E-state index in [0.717, 1.165) is 0 Å². The van der Waals surface area contributed by atoms with Gasteiger partial charge in [0.05, 0.1) is 0 Å². The molecule has 13 heavy (non-hydrogen) atoms. The fraction of sp³-hybridized carbons (Fsp3) is 0.778. The van der Waals surface area contributed by atoms with Crippen molar-refractivity contribution in [3.8, 4) is 0 Å². The normalized spacial score (nSPS) is 27.8. The van der Waals surface area contributed by atoms with Crippen molar-refractivity contribution in [1.29, 1.82) is 0 Å². The maximum Gasteiger partial charge on any atom is 0.319 e. The van der Waals surface area contributed by atoms with Crippen LogP contribution >= 0.6 is 0 Å². The van der Waals surface area contributed by atoms with Gasteiger partial charge in [-0.05, 0) is 18.8 Å². The number of hydrogen-bond donors (Lipinski definition) is 2. The molecule has 1 saturated heterocycles. The Kier molecular flexibility index (Phi) is 2.59. The lowest BCUT2D eigenvalue weighted by atomic mass is 9.79. The molecule has 1 amide bonds. The summed E-state index contributed by atoms with van der Waals surface area (Å²) in [6.45, 7) is 4.34. The van der Waals surface area contributed by atoms with Crippen LogP contribution in [0.2, 0.25) is 0 Å². The van der Waals surface area contributed by atoms with Crippen LogP contribution in [-0.4, -0.2) is 23.5 Å². The summed E-state index contributed by atoms with van der Waals surface area (Å²) in [4.78, 5) is 22.4. The highest BCUT2D eigenvalue weighted by atomic mass is 16.4. The monoisotopic (exact) mass is 185 g/mol. The molecule has 1 atom stereocenters. The average molecular weight is 185 g/mol. The van der Waals surface area contributed by atoms with Gasteiger partial charge in [-0.3, -0.25) is 9.59 Å². The first-order valence-corrected chi connectivity index (χ1v) is 4.51. The van der Waals surface area contributed by atoms with E-state index in [-0.39, 0.29) is 11.8 Å². The predicted octanol–water partition coefficient (Wildman–Crippen LogP) is 0.623. The largest absolute Gasteiger partial charge is 0.480 e. The van der Waals surface area contributed by atoms with E-state index >= 15 is 0 Å². The zero-order chi connectivity index (χ0) is 10.1. The van der Waals surface area contributed by atoms with Crippen LogP contribution in [0.25, 0.3) is 0 Å². The van der Waals surface area contributed by atoms with E-state index in [0.29, 0.717) is 19.4 Å². The van der Waals surface area contributed by atoms with Gasteiger partial charge in [-0.2, -0.15) is 0 Å². The lowest BCUT2D eigenvalue weighted by Gasteiger charge is -2.22. The van der Waals surface area contributed by atoms with Crippen molar-refractivity contribution in [3.05, 3.63) is 0 Å². The number of carboxylic acids is 1. The molecule has 4 heteroatoms. The van der Waals surface area contributed by atoms with Gasteiger partial charge in [0, 0.05) is 6.54 Å². The Bertz CT molecular complexity index is 237. The van der Waals surface area contributed by atoms with Gasteiger partial charge < -0.3 is 10.4 Å². The molecule has 0 spiro atoms. The zero-order valence-corrected chi connectivity index (χ0v) is 7.96. The molecule has 4 nitrogen and oxygen atoms in total. The summed E-state index contributed by atoms with van der Waals surface area (Å²) < 4.78 is 0. The summed E-state index contributed by atoms with van der Waals surface area (Å²) in [5.74, 6) is -1.09. The number of carbonyl (C=O) groups excluding carboxylic acids is 1. The summed E-state index contributed by atoms with van der Waals surface area (Å²) in [5, 5.41) is 11.6. The zero-order valence-electron chi connectivity index (χ0n) is 7.96. The highest BCUT2D eigenvalue weighted by Crippen LogP contribution is 2.34. The van der Waals surface area contributed by atoms with E-state index < -0.39 is 11.4 Å². The molecule has 1 heterocycles. The second kappa shape index (κ2) is 3.36. The molecule has 0 aromatic carbocycles. The smallest absolute Gasteiger partial charge is 0.319 e. The molecule has 0 aromatic heterocycles. The second-order valence-electron chi connectivity index (χ2n) is 3.99. The number of aliphatic carboxylic acids is 1. The highest BCUT2D eigenvalue weighted by Gasteiger charge is 2.49. The van der Waals surface area contributed by atoms with Crippen molar-refractivity contribution in [3.63, 3.8) is 0 Å². The Morgan fingerprint density at radius 2 is 2.31 bits per heavy atom. The van der Waals surface area contributed by atoms with Crippen molar-refractivity contribution in [2.75, 3.05) is 6.54 Å². The predicted molar refractivity (Wildman–Crippen MR) is 47.2 cm³/mol. The van der Waals surface area contributed by atoms with Gasteiger partial charge in [-0.1, -0.05) is 13.8 Å². The molecule has 0 aliphatic carbocycles. The minimum atomic E-state index is -1.16. The van der Waals surface area contributed by atoms with E-state index in [1.54, 1.807) is 0 Å². The van der Waals surface area contributed by atoms with Crippen LogP contribution in [0.4, 0.5) is 0 Å². The summed E-state index contributed by atoms with van der Waals surface area (Å²) in [7, 11) is 0. The molecule has 1 rings (SSSR count). The first kappa shape index (κ1) is 10.0. The number of carbonyl (C=O) groups is 2. The molecule has 74 valence electrons. The Hall–Kier alpha value is -1.06. The van der Waals surface area contributed by atoms with Crippen molar-refractivity contribution in [2.24, 2.45) is 11.3 Å². The molecule has 0 saturated carbocycles. The highest BCUT2D eigenvalue weighted by molar-refractivity contribution is 6.03. The molecular formula is C9H15NO3. The number of carboxylic acid groups (broad SMARTS) is 1. The summed E-state index contributed by atoms with van der Waals surface area (Å²) >= 11 is 0. The topological polar surface area (TPSA) is 66.4 Å². The van der Waals surface area contributed by atoms with Crippen LogP contribution in [0.1, 0.15) is 26.7 Å². The quantitative estimate of drug-likeness (QED) is 0.633. The van der Waals surface area contributed by atoms with Crippen molar-refractivity contribution in [1.82, 2.24) is 5.32 Å². The van der Waals surface area contributed by atoms with Crippen LogP contribution in [0.15, 0.2) is 0 Å². The van der Waals surface area contributed by atoms with Gasteiger partial charge in [0.2, 0.25) is 5.91 Å². The third-order valence-electron chi connectivity index (χ3n) is 2.44. The third kappa shape index (κ3) is 1.66. The van der Waals surface area contributed by atoms with Crippen LogP contribution < -0.4 is 5.32 Å². The minimum absolute atomic E-state index is 0.222. The molecule has 1 aliphatic rings. The van der Waals surface area contributed by atoms with Gasteiger partial charge in [-0.25, -0.2) is 0 Å². The fourth-order valence-electron chi connectivity index (χ4n) is 1.86. The first-order chi connectivity index (χ1) is 5.99. The molecule has 0 bridgehead atoms. The second-order valence-corrected chi connectivity index (χ2v) is 3.99. The Morgan fingerprint density at radius 1 is 1.69 bits per heavy atom. The van der Waals surface area contributed by atoms with Gasteiger partial charge in [-0.15, -0.1) is 0 Å². The van der Waals surface area contributed by atoms with Gasteiger partial charge in [0.1, 0.15) is 5.41 Å². The molecule has 2 N–H and O–H groups in total. The maximum atomic E-state index is 11.4. The fourth-order valence-corrected chi connectivity index (χ4v) is 1.86. The number of amides is 1. The molecule has 1 unspecified atom stereocenters. The van der Waals surface area contributed by atoms with Crippen LogP contribution in [0.3, 0.4) is 0 Å². The van der Waals surface area contributed by atoms with Crippen molar-refractivity contribution < 1.29 is 14.7 Å². The van der Waals surface area contributed by atoms with Crippen LogP contribution in [0, 0.1) is 11.3 Å². The standard InChI is InChI=1S/C9H15NO3/c1-6(2)5-9(8(12)13)3-4-10-7(9)11/h6H,3-5H2,1-2H3,(H,10,11)(H,12,13). The van der Waals surface area contributed by atoms with Gasteiger partial charge in [0.15, 0.2) is 0 Å².